The van der Waals surface area contributed by atoms with E-state index >= 15 is 0 Å². The molecule has 0 fully saturated rings. The monoisotopic (exact) mass is 331 g/mol. The Bertz CT molecular complexity index is 723. The first kappa shape index (κ1) is 17.7. The summed E-state index contributed by atoms with van der Waals surface area (Å²) in [5.41, 5.74) is 2.27. The molecule has 1 heterocycles. The highest BCUT2D eigenvalue weighted by atomic mass is 28.4. The number of allylic oxidation sites excluding steroid dienone is 1. The quantitative estimate of drug-likeness (QED) is 0.531. The molecule has 0 aliphatic heterocycles. The molecule has 23 heavy (non-hydrogen) atoms. The minimum Gasteiger partial charge on any atom is -0.542 e. The molecule has 3 nitrogen and oxygen atoms in total. The number of benzene rings is 1. The van der Waals surface area contributed by atoms with Crippen LogP contribution in [-0.4, -0.2) is 20.0 Å². The Kier molecular flexibility index (Phi) is 4.67. The number of aromatic nitrogens is 1. The van der Waals surface area contributed by atoms with Crippen molar-refractivity contribution < 1.29 is 9.16 Å². The second-order valence-electron chi connectivity index (χ2n) is 7.53. The lowest BCUT2D eigenvalue weighted by Gasteiger charge is -2.36. The molecule has 0 unspecified atom stereocenters. The number of ether oxygens (including phenoxy) is 1. The van der Waals surface area contributed by atoms with Gasteiger partial charge >= 0.3 is 0 Å². The van der Waals surface area contributed by atoms with Crippen molar-refractivity contribution >= 4 is 19.2 Å². The first-order valence-corrected chi connectivity index (χ1v) is 11.0. The summed E-state index contributed by atoms with van der Waals surface area (Å²) in [7, 11) is -0.221. The minimum atomic E-state index is -1.93. The molecular formula is C19H29NO2Si. The number of rotatable bonds is 5. The van der Waals surface area contributed by atoms with Crippen LogP contribution in [0.3, 0.4) is 0 Å². The fourth-order valence-electron chi connectivity index (χ4n) is 2.52. The molecule has 0 atom stereocenters. The molecule has 1 aromatic carbocycles. The Morgan fingerprint density at radius 2 is 1.91 bits per heavy atom. The maximum absolute atomic E-state index is 6.68. The summed E-state index contributed by atoms with van der Waals surface area (Å²) in [6.07, 6.45) is 1.92. The van der Waals surface area contributed by atoms with Crippen LogP contribution in [0.1, 0.15) is 26.5 Å². The van der Waals surface area contributed by atoms with Crippen molar-refractivity contribution in [3.05, 3.63) is 36.5 Å². The smallest absolute Gasteiger partial charge is 0.250 e. The summed E-state index contributed by atoms with van der Waals surface area (Å²) in [5.74, 6) is 1.83. The van der Waals surface area contributed by atoms with E-state index in [-0.39, 0.29) is 5.04 Å². The van der Waals surface area contributed by atoms with E-state index in [0.717, 1.165) is 34.6 Å². The largest absolute Gasteiger partial charge is 0.542 e. The molecule has 1 aromatic heterocycles. The third kappa shape index (κ3) is 3.04. The van der Waals surface area contributed by atoms with Gasteiger partial charge in [0.05, 0.1) is 23.7 Å². The van der Waals surface area contributed by atoms with E-state index < -0.39 is 8.32 Å². The SMILES string of the molecule is C=CCn1c(C)c(O[Si](C)(C)C(C)(C)C)c2c(OC)cccc21. The molecular weight excluding hydrogens is 302 g/mol. The molecule has 4 heteroatoms. The normalized spacial score (nSPS) is 12.5. The lowest BCUT2D eigenvalue weighted by molar-refractivity contribution is 0.418. The number of nitrogens with zero attached hydrogens (tertiary/aromatic N) is 1. The highest BCUT2D eigenvalue weighted by Crippen LogP contribution is 2.44. The third-order valence-electron chi connectivity index (χ3n) is 4.95. The molecule has 0 saturated heterocycles. The van der Waals surface area contributed by atoms with Crippen LogP contribution in [0.15, 0.2) is 30.9 Å². The van der Waals surface area contributed by atoms with Gasteiger partial charge in [-0.15, -0.1) is 6.58 Å². The van der Waals surface area contributed by atoms with E-state index in [1.807, 2.05) is 18.2 Å². The third-order valence-corrected chi connectivity index (χ3v) is 9.28. The van der Waals surface area contributed by atoms with Crippen molar-refractivity contribution in [3.8, 4) is 11.5 Å². The summed E-state index contributed by atoms with van der Waals surface area (Å²) < 4.78 is 14.5. The molecule has 0 aliphatic rings. The summed E-state index contributed by atoms with van der Waals surface area (Å²) in [4.78, 5) is 0. The molecule has 0 N–H and O–H groups in total. The molecule has 126 valence electrons. The predicted molar refractivity (Wildman–Crippen MR) is 101 cm³/mol. The first-order valence-electron chi connectivity index (χ1n) is 8.09. The highest BCUT2D eigenvalue weighted by Gasteiger charge is 2.40. The summed E-state index contributed by atoms with van der Waals surface area (Å²) in [6.45, 7) is 18.1. The van der Waals surface area contributed by atoms with Gasteiger partial charge in [0.2, 0.25) is 0 Å². The number of hydrogen-bond donors (Lipinski definition) is 0. The van der Waals surface area contributed by atoms with Gasteiger partial charge < -0.3 is 13.7 Å². The molecule has 0 spiro atoms. The fraction of sp³-hybridized carbons (Fsp3) is 0.474. The van der Waals surface area contributed by atoms with Crippen LogP contribution in [0.2, 0.25) is 18.1 Å². The van der Waals surface area contributed by atoms with E-state index in [4.69, 9.17) is 9.16 Å². The second-order valence-corrected chi connectivity index (χ2v) is 12.3. The average Bonchev–Trinajstić information content (AvgIpc) is 2.72. The van der Waals surface area contributed by atoms with Crippen LogP contribution in [0.25, 0.3) is 10.9 Å². The van der Waals surface area contributed by atoms with E-state index in [9.17, 15) is 0 Å². The van der Waals surface area contributed by atoms with Gasteiger partial charge in [-0.1, -0.05) is 32.9 Å². The van der Waals surface area contributed by atoms with Crippen LogP contribution in [0.5, 0.6) is 11.5 Å². The van der Waals surface area contributed by atoms with Crippen LogP contribution in [0, 0.1) is 6.92 Å². The van der Waals surface area contributed by atoms with Gasteiger partial charge in [0.1, 0.15) is 11.5 Å². The average molecular weight is 332 g/mol. The van der Waals surface area contributed by atoms with Crippen molar-refractivity contribution in [2.24, 2.45) is 0 Å². The summed E-state index contributed by atoms with van der Waals surface area (Å²) >= 11 is 0. The van der Waals surface area contributed by atoms with E-state index in [1.165, 1.54) is 0 Å². The maximum atomic E-state index is 6.68. The molecule has 0 bridgehead atoms. The predicted octanol–water partition coefficient (Wildman–Crippen LogP) is 5.53. The lowest BCUT2D eigenvalue weighted by Crippen LogP contribution is -2.44. The van der Waals surface area contributed by atoms with Crippen LogP contribution < -0.4 is 9.16 Å². The van der Waals surface area contributed by atoms with E-state index in [1.54, 1.807) is 7.11 Å². The van der Waals surface area contributed by atoms with Crippen molar-refractivity contribution in [2.45, 2.75) is 52.4 Å². The Balaban J connectivity index is 2.72. The number of hydrogen-bond acceptors (Lipinski definition) is 2. The first-order chi connectivity index (χ1) is 10.6. The van der Waals surface area contributed by atoms with Gasteiger partial charge in [0.15, 0.2) is 0 Å². The van der Waals surface area contributed by atoms with Gasteiger partial charge in [-0.2, -0.15) is 0 Å². The van der Waals surface area contributed by atoms with Crippen LogP contribution >= 0.6 is 0 Å². The Morgan fingerprint density at radius 1 is 1.26 bits per heavy atom. The standard InChI is InChI=1S/C19H29NO2Si/c1-9-13-20-14(2)18(22-23(7,8)19(3,4)5)17-15(20)11-10-12-16(17)21-6/h9-12H,1,13H2,2-8H3. The topological polar surface area (TPSA) is 23.4 Å². The molecule has 0 saturated carbocycles. The van der Waals surface area contributed by atoms with Crippen molar-refractivity contribution in [1.29, 1.82) is 0 Å². The van der Waals surface area contributed by atoms with Gasteiger partial charge in [-0.25, -0.2) is 0 Å². The van der Waals surface area contributed by atoms with Gasteiger partial charge in [-0.3, -0.25) is 0 Å². The van der Waals surface area contributed by atoms with Crippen molar-refractivity contribution in [2.75, 3.05) is 7.11 Å². The van der Waals surface area contributed by atoms with Crippen molar-refractivity contribution in [1.82, 2.24) is 4.57 Å². The molecule has 0 radical (unpaired) electrons. The Hall–Kier alpha value is -1.68. The van der Waals surface area contributed by atoms with Gasteiger partial charge in [0, 0.05) is 6.54 Å². The molecule has 0 amide bonds. The lowest BCUT2D eigenvalue weighted by atomic mass is 10.2. The number of methoxy groups -OCH3 is 1. The summed E-state index contributed by atoms with van der Waals surface area (Å²) in [5, 5.41) is 1.22. The zero-order valence-electron chi connectivity index (χ0n) is 15.5. The Labute approximate surface area is 141 Å². The van der Waals surface area contributed by atoms with Gasteiger partial charge in [-0.05, 0) is 37.2 Å². The van der Waals surface area contributed by atoms with Crippen LogP contribution in [-0.2, 0) is 6.54 Å². The minimum absolute atomic E-state index is 0.147. The van der Waals surface area contributed by atoms with E-state index in [2.05, 4.69) is 58.0 Å². The maximum Gasteiger partial charge on any atom is 0.250 e. The molecule has 2 rings (SSSR count). The second kappa shape index (κ2) is 6.08. The molecule has 2 aromatic rings. The molecule has 0 aliphatic carbocycles. The zero-order valence-corrected chi connectivity index (χ0v) is 16.5. The highest BCUT2D eigenvalue weighted by molar-refractivity contribution is 6.74. The van der Waals surface area contributed by atoms with Crippen LogP contribution in [0.4, 0.5) is 0 Å². The fourth-order valence-corrected chi connectivity index (χ4v) is 3.59. The zero-order chi connectivity index (χ0) is 17.4. The van der Waals surface area contributed by atoms with E-state index in [0.29, 0.717) is 0 Å². The number of fused-ring (bicyclic) bond motifs is 1. The summed E-state index contributed by atoms with van der Waals surface area (Å²) in [6, 6.07) is 6.14. The van der Waals surface area contributed by atoms with Crippen molar-refractivity contribution in [3.63, 3.8) is 0 Å². The van der Waals surface area contributed by atoms with Gasteiger partial charge in [0.25, 0.3) is 8.32 Å². The Morgan fingerprint density at radius 3 is 2.43 bits per heavy atom.